The largest absolute Gasteiger partial charge is 0.341 e. The van der Waals surface area contributed by atoms with Crippen LogP contribution in [-0.4, -0.2) is 16.5 Å². The second-order valence-corrected chi connectivity index (χ2v) is 8.29. The Morgan fingerprint density at radius 1 is 1.00 bits per heavy atom. The summed E-state index contributed by atoms with van der Waals surface area (Å²) < 4.78 is 0. The Morgan fingerprint density at radius 2 is 1.67 bits per heavy atom. The van der Waals surface area contributed by atoms with Gasteiger partial charge in [-0.15, -0.1) is 0 Å². The van der Waals surface area contributed by atoms with E-state index < -0.39 is 0 Å². The van der Waals surface area contributed by atoms with Crippen molar-refractivity contribution in [1.29, 1.82) is 0 Å². The lowest BCUT2D eigenvalue weighted by Gasteiger charge is -2.43. The first-order valence-electron chi connectivity index (χ1n) is 9.54. The minimum atomic E-state index is -0.241. The normalized spacial score (nSPS) is 18.7. The molecule has 0 aromatic heterocycles. The van der Waals surface area contributed by atoms with Gasteiger partial charge in [0.05, 0.1) is 10.7 Å². The van der Waals surface area contributed by atoms with Gasteiger partial charge in [-0.1, -0.05) is 61.2 Å². The van der Waals surface area contributed by atoms with Crippen molar-refractivity contribution in [2.24, 2.45) is 4.99 Å². The summed E-state index contributed by atoms with van der Waals surface area (Å²) >= 11 is 12.3. The highest BCUT2D eigenvalue weighted by Gasteiger charge is 2.49. The second-order valence-electron chi connectivity index (χ2n) is 7.51. The zero-order valence-electron chi connectivity index (χ0n) is 15.8. The molecule has 4 rings (SSSR count). The number of nitrogens with zero attached hydrogens (tertiary/aromatic N) is 2. The van der Waals surface area contributed by atoms with E-state index in [2.05, 4.69) is 42.3 Å². The molecule has 1 N–H and O–H groups in total. The molecule has 1 saturated carbocycles. The maximum atomic E-state index is 6.56. The summed E-state index contributed by atoms with van der Waals surface area (Å²) in [6, 6.07) is 14.3. The molecule has 0 saturated heterocycles. The van der Waals surface area contributed by atoms with Crippen molar-refractivity contribution in [1.82, 2.24) is 0 Å². The summed E-state index contributed by atoms with van der Waals surface area (Å²) in [7, 11) is 0. The fraction of sp³-hybridized carbons (Fsp3) is 0.364. The van der Waals surface area contributed by atoms with Crippen LogP contribution in [-0.2, 0) is 0 Å². The number of rotatable bonds is 2. The molecular formula is C22H24ClN3S. The first kappa shape index (κ1) is 18.5. The van der Waals surface area contributed by atoms with Crippen molar-refractivity contribution in [3.63, 3.8) is 0 Å². The number of aryl methyl sites for hydroxylation is 2. The van der Waals surface area contributed by atoms with Gasteiger partial charge in [0.25, 0.3) is 0 Å². The summed E-state index contributed by atoms with van der Waals surface area (Å²) in [6.07, 6.45) is 5.62. The van der Waals surface area contributed by atoms with Gasteiger partial charge in [-0.3, -0.25) is 0 Å². The highest BCUT2D eigenvalue weighted by atomic mass is 35.5. The average molecular weight is 398 g/mol. The Hall–Kier alpha value is -1.91. The zero-order valence-corrected chi connectivity index (χ0v) is 17.3. The Morgan fingerprint density at radius 3 is 2.33 bits per heavy atom. The van der Waals surface area contributed by atoms with Crippen molar-refractivity contribution in [2.75, 3.05) is 10.2 Å². The lowest BCUT2D eigenvalue weighted by atomic mass is 9.79. The molecule has 3 nitrogen and oxygen atoms in total. The van der Waals surface area contributed by atoms with Gasteiger partial charge in [0, 0.05) is 5.69 Å². The van der Waals surface area contributed by atoms with Crippen LogP contribution in [0.25, 0.3) is 0 Å². The lowest BCUT2D eigenvalue weighted by molar-refractivity contribution is 0.386. The van der Waals surface area contributed by atoms with Crippen molar-refractivity contribution in [3.8, 4) is 0 Å². The molecule has 5 heteroatoms. The van der Waals surface area contributed by atoms with Crippen LogP contribution in [0.5, 0.6) is 0 Å². The number of anilines is 2. The van der Waals surface area contributed by atoms with Crippen molar-refractivity contribution < 1.29 is 0 Å². The van der Waals surface area contributed by atoms with Gasteiger partial charge in [0.1, 0.15) is 11.4 Å². The van der Waals surface area contributed by atoms with Crippen LogP contribution in [0, 0.1) is 13.8 Å². The van der Waals surface area contributed by atoms with Crippen LogP contribution in [0.1, 0.15) is 43.2 Å². The first-order chi connectivity index (χ1) is 13.0. The fourth-order valence-electron chi connectivity index (χ4n) is 4.38. The van der Waals surface area contributed by atoms with Gasteiger partial charge in [0.15, 0.2) is 0 Å². The number of thiocarbonyl (C=S) groups is 1. The van der Waals surface area contributed by atoms with E-state index >= 15 is 0 Å². The Balaban J connectivity index is 1.79. The van der Waals surface area contributed by atoms with E-state index in [1.807, 2.05) is 24.3 Å². The van der Waals surface area contributed by atoms with Crippen LogP contribution < -0.4 is 10.2 Å². The molecule has 1 spiro atoms. The molecular weight excluding hydrogens is 374 g/mol. The third-order valence-corrected chi connectivity index (χ3v) is 6.36. The van der Waals surface area contributed by atoms with Crippen LogP contribution in [0.15, 0.2) is 47.5 Å². The van der Waals surface area contributed by atoms with Gasteiger partial charge >= 0.3 is 0 Å². The summed E-state index contributed by atoms with van der Waals surface area (Å²) in [4.78, 5) is 7.04. The van der Waals surface area contributed by atoms with Crippen LogP contribution in [0.2, 0.25) is 5.02 Å². The van der Waals surface area contributed by atoms with Crippen molar-refractivity contribution >= 4 is 46.1 Å². The van der Waals surface area contributed by atoms with E-state index in [4.69, 9.17) is 28.8 Å². The Kier molecular flexibility index (Phi) is 4.95. The predicted molar refractivity (Wildman–Crippen MR) is 119 cm³/mol. The summed E-state index contributed by atoms with van der Waals surface area (Å²) in [5.41, 5.74) is 4.27. The van der Waals surface area contributed by atoms with Gasteiger partial charge in [-0.25, -0.2) is 4.99 Å². The quantitative estimate of drug-likeness (QED) is 0.604. The van der Waals surface area contributed by atoms with E-state index in [1.54, 1.807) is 0 Å². The highest BCUT2D eigenvalue weighted by Crippen LogP contribution is 2.44. The molecule has 2 aliphatic rings. The monoisotopic (exact) mass is 397 g/mol. The first-order valence-corrected chi connectivity index (χ1v) is 10.3. The van der Waals surface area contributed by atoms with Crippen molar-refractivity contribution in [2.45, 2.75) is 51.5 Å². The Labute approximate surface area is 171 Å². The minimum absolute atomic E-state index is 0.241. The van der Waals surface area contributed by atoms with E-state index in [0.717, 1.165) is 42.9 Å². The maximum absolute atomic E-state index is 6.56. The average Bonchev–Trinajstić information content (AvgIpc) is 2.90. The number of halogens is 1. The van der Waals surface area contributed by atoms with E-state index in [9.17, 15) is 0 Å². The van der Waals surface area contributed by atoms with Gasteiger partial charge in [-0.2, -0.15) is 0 Å². The van der Waals surface area contributed by atoms with Crippen molar-refractivity contribution in [3.05, 3.63) is 58.6 Å². The Bertz CT molecular complexity index is 895. The molecule has 1 fully saturated rings. The molecule has 27 heavy (non-hydrogen) atoms. The van der Waals surface area contributed by atoms with E-state index in [-0.39, 0.29) is 5.54 Å². The summed E-state index contributed by atoms with van der Waals surface area (Å²) in [5, 5.41) is 4.98. The van der Waals surface area contributed by atoms with Crippen LogP contribution >= 0.6 is 23.8 Å². The number of nitrogens with one attached hydrogen (secondary N) is 1. The van der Waals surface area contributed by atoms with Gasteiger partial charge in [-0.05, 0) is 62.2 Å². The molecule has 2 aromatic rings. The molecule has 0 atom stereocenters. The fourth-order valence-corrected chi connectivity index (χ4v) is 4.96. The highest BCUT2D eigenvalue weighted by molar-refractivity contribution is 7.80. The maximum Gasteiger partial charge on any atom is 0.202 e. The molecule has 2 aromatic carbocycles. The van der Waals surface area contributed by atoms with E-state index in [0.29, 0.717) is 10.1 Å². The second kappa shape index (κ2) is 7.25. The van der Waals surface area contributed by atoms with Gasteiger partial charge < -0.3 is 10.2 Å². The zero-order chi connectivity index (χ0) is 19.0. The summed E-state index contributed by atoms with van der Waals surface area (Å²) in [5.74, 6) is 0.963. The number of para-hydroxylation sites is 2. The van der Waals surface area contributed by atoms with Crippen LogP contribution in [0.4, 0.5) is 11.4 Å². The molecule has 140 valence electrons. The number of hydrogen-bond donors (Lipinski definition) is 1. The van der Waals surface area contributed by atoms with Gasteiger partial charge in [0.2, 0.25) is 5.11 Å². The smallest absolute Gasteiger partial charge is 0.202 e. The lowest BCUT2D eigenvalue weighted by Crippen LogP contribution is -2.55. The molecule has 1 aliphatic heterocycles. The molecule has 0 unspecified atom stereocenters. The third-order valence-electron chi connectivity index (χ3n) is 5.77. The molecule has 1 heterocycles. The molecule has 1 aliphatic carbocycles. The number of amidine groups is 1. The summed E-state index contributed by atoms with van der Waals surface area (Å²) in [6.45, 7) is 4.26. The molecule has 0 amide bonds. The topological polar surface area (TPSA) is 27.6 Å². The van der Waals surface area contributed by atoms with E-state index in [1.165, 1.54) is 17.5 Å². The predicted octanol–water partition coefficient (Wildman–Crippen LogP) is 6.28. The SMILES string of the molecule is Cc1cccc(C)c1NC1=NC(=S)N(c2ccccc2Cl)C12CCCCC2. The number of hydrogen-bond acceptors (Lipinski definition) is 2. The minimum Gasteiger partial charge on any atom is -0.341 e. The van der Waals surface area contributed by atoms with Crippen LogP contribution in [0.3, 0.4) is 0 Å². The standard InChI is InChI=1S/C22H24ClN3S/c1-15-9-8-10-16(2)19(15)24-20-22(13-6-3-7-14-22)26(21(27)25-20)18-12-5-4-11-17(18)23/h4-5,8-12H,3,6-7,13-14H2,1-2H3,(H,24,25,27). The molecule has 0 bridgehead atoms. The number of aliphatic imine (C=N–C) groups is 1. The molecule has 0 radical (unpaired) electrons. The number of benzene rings is 2. The third kappa shape index (κ3) is 3.15.